The molecule has 0 N–H and O–H groups in total. The molecular formula is C15H22N2O. The van der Waals surface area contributed by atoms with Gasteiger partial charge >= 0.3 is 0 Å². The van der Waals surface area contributed by atoms with Crippen LogP contribution in [-0.4, -0.2) is 44.2 Å². The highest BCUT2D eigenvalue weighted by Gasteiger charge is 2.18. The van der Waals surface area contributed by atoms with Gasteiger partial charge in [0.05, 0.1) is 12.2 Å². The van der Waals surface area contributed by atoms with E-state index in [1.807, 2.05) is 6.07 Å². The standard InChI is InChI=1S/C15H22N2O/c1-4-8-16(9-5-1)10-11-17-12-13-18-15-7-3-2-6-14(15)17/h2-3,6-7H,1,4-5,8-13H2. The minimum absolute atomic E-state index is 0.816. The van der Waals surface area contributed by atoms with Gasteiger partial charge in [-0.25, -0.2) is 0 Å². The smallest absolute Gasteiger partial charge is 0.142 e. The molecule has 0 bridgehead atoms. The summed E-state index contributed by atoms with van der Waals surface area (Å²) in [7, 11) is 0. The molecule has 0 saturated carbocycles. The van der Waals surface area contributed by atoms with Crippen LogP contribution >= 0.6 is 0 Å². The minimum atomic E-state index is 0.816. The Bertz CT molecular complexity index is 388. The molecule has 18 heavy (non-hydrogen) atoms. The summed E-state index contributed by atoms with van der Waals surface area (Å²) in [6.45, 7) is 6.72. The van der Waals surface area contributed by atoms with Crippen molar-refractivity contribution in [3.8, 4) is 5.75 Å². The fourth-order valence-corrected chi connectivity index (χ4v) is 2.90. The van der Waals surface area contributed by atoms with E-state index in [2.05, 4.69) is 28.0 Å². The van der Waals surface area contributed by atoms with E-state index in [1.54, 1.807) is 0 Å². The summed E-state index contributed by atoms with van der Waals surface area (Å²) in [5.74, 6) is 1.04. The summed E-state index contributed by atoms with van der Waals surface area (Å²) in [5, 5.41) is 0. The first-order valence-corrected chi connectivity index (χ1v) is 7.12. The first kappa shape index (κ1) is 11.8. The molecule has 1 aromatic rings. The van der Waals surface area contributed by atoms with Crippen LogP contribution in [0.2, 0.25) is 0 Å². The Morgan fingerprint density at radius 2 is 1.78 bits per heavy atom. The number of rotatable bonds is 3. The zero-order valence-electron chi connectivity index (χ0n) is 11.0. The molecule has 0 amide bonds. The molecule has 3 heteroatoms. The second-order valence-electron chi connectivity index (χ2n) is 5.21. The van der Waals surface area contributed by atoms with Crippen LogP contribution in [0, 0.1) is 0 Å². The molecule has 3 rings (SSSR count). The van der Waals surface area contributed by atoms with Crippen molar-refractivity contribution >= 4 is 5.69 Å². The van der Waals surface area contributed by atoms with Crippen LogP contribution in [0.3, 0.4) is 0 Å². The Hall–Kier alpha value is -1.22. The van der Waals surface area contributed by atoms with Crippen LogP contribution < -0.4 is 9.64 Å². The highest BCUT2D eigenvalue weighted by atomic mass is 16.5. The Labute approximate surface area is 109 Å². The number of ether oxygens (including phenoxy) is 1. The van der Waals surface area contributed by atoms with E-state index in [4.69, 9.17) is 4.74 Å². The maximum atomic E-state index is 5.69. The van der Waals surface area contributed by atoms with Crippen LogP contribution in [0.15, 0.2) is 24.3 Å². The first-order valence-electron chi connectivity index (χ1n) is 7.12. The Morgan fingerprint density at radius 1 is 0.944 bits per heavy atom. The third-order valence-electron chi connectivity index (χ3n) is 3.96. The van der Waals surface area contributed by atoms with E-state index in [9.17, 15) is 0 Å². The molecule has 98 valence electrons. The number of benzene rings is 1. The number of nitrogens with zero attached hydrogens (tertiary/aromatic N) is 2. The topological polar surface area (TPSA) is 15.7 Å². The molecular weight excluding hydrogens is 224 g/mol. The maximum absolute atomic E-state index is 5.69. The average molecular weight is 246 g/mol. The molecule has 2 aliphatic rings. The van der Waals surface area contributed by atoms with Crippen molar-refractivity contribution < 1.29 is 4.74 Å². The molecule has 0 radical (unpaired) electrons. The number of para-hydroxylation sites is 2. The molecule has 0 unspecified atom stereocenters. The molecule has 1 fully saturated rings. The summed E-state index contributed by atoms with van der Waals surface area (Å²) in [4.78, 5) is 5.06. The van der Waals surface area contributed by atoms with Gasteiger partial charge in [-0.1, -0.05) is 18.6 Å². The van der Waals surface area contributed by atoms with Gasteiger partial charge in [-0.05, 0) is 38.1 Å². The average Bonchev–Trinajstić information content (AvgIpc) is 2.46. The summed E-state index contributed by atoms with van der Waals surface area (Å²) in [5.41, 5.74) is 1.26. The van der Waals surface area contributed by atoms with Gasteiger partial charge < -0.3 is 14.5 Å². The fraction of sp³-hybridized carbons (Fsp3) is 0.600. The van der Waals surface area contributed by atoms with E-state index < -0.39 is 0 Å². The third kappa shape index (κ3) is 2.61. The number of hydrogen-bond donors (Lipinski definition) is 0. The van der Waals surface area contributed by atoms with Crippen molar-refractivity contribution in [1.29, 1.82) is 0 Å². The number of piperidine rings is 1. The molecule has 2 aliphatic heterocycles. The molecule has 0 spiro atoms. The van der Waals surface area contributed by atoms with Gasteiger partial charge in [0.1, 0.15) is 12.4 Å². The van der Waals surface area contributed by atoms with Gasteiger partial charge in [0, 0.05) is 13.1 Å². The lowest BCUT2D eigenvalue weighted by atomic mass is 10.1. The first-order chi connectivity index (χ1) is 8.93. The zero-order chi connectivity index (χ0) is 12.2. The van der Waals surface area contributed by atoms with E-state index in [0.717, 1.165) is 25.4 Å². The molecule has 3 nitrogen and oxygen atoms in total. The predicted molar refractivity (Wildman–Crippen MR) is 74.4 cm³/mol. The second kappa shape index (κ2) is 5.61. The second-order valence-corrected chi connectivity index (χ2v) is 5.21. The van der Waals surface area contributed by atoms with Crippen LogP contribution in [0.1, 0.15) is 19.3 Å². The Morgan fingerprint density at radius 3 is 2.67 bits per heavy atom. The summed E-state index contributed by atoms with van der Waals surface area (Å²) >= 11 is 0. The largest absolute Gasteiger partial charge is 0.490 e. The maximum Gasteiger partial charge on any atom is 0.142 e. The van der Waals surface area contributed by atoms with Crippen LogP contribution in [0.5, 0.6) is 5.75 Å². The lowest BCUT2D eigenvalue weighted by molar-refractivity contribution is 0.229. The van der Waals surface area contributed by atoms with Gasteiger partial charge in [-0.3, -0.25) is 0 Å². The van der Waals surface area contributed by atoms with Crippen molar-refractivity contribution in [2.45, 2.75) is 19.3 Å². The van der Waals surface area contributed by atoms with Crippen LogP contribution in [-0.2, 0) is 0 Å². The Balaban J connectivity index is 1.60. The zero-order valence-corrected chi connectivity index (χ0v) is 11.0. The van der Waals surface area contributed by atoms with Crippen molar-refractivity contribution in [2.24, 2.45) is 0 Å². The van der Waals surface area contributed by atoms with Gasteiger partial charge in [0.15, 0.2) is 0 Å². The van der Waals surface area contributed by atoms with Crippen molar-refractivity contribution in [3.63, 3.8) is 0 Å². The van der Waals surface area contributed by atoms with Gasteiger partial charge in [0.2, 0.25) is 0 Å². The lowest BCUT2D eigenvalue weighted by Gasteiger charge is -2.34. The Kier molecular flexibility index (Phi) is 3.69. The SMILES string of the molecule is c1ccc2c(c1)OCCN2CCN1CCCCC1. The molecule has 1 saturated heterocycles. The summed E-state index contributed by atoms with van der Waals surface area (Å²) < 4.78 is 5.69. The third-order valence-corrected chi connectivity index (χ3v) is 3.96. The minimum Gasteiger partial charge on any atom is -0.490 e. The van der Waals surface area contributed by atoms with Crippen LogP contribution in [0.4, 0.5) is 5.69 Å². The number of hydrogen-bond acceptors (Lipinski definition) is 3. The predicted octanol–water partition coefficient (Wildman–Crippen LogP) is 2.37. The number of fused-ring (bicyclic) bond motifs is 1. The van der Waals surface area contributed by atoms with E-state index in [1.165, 1.54) is 44.6 Å². The normalized spacial score (nSPS) is 20.3. The number of anilines is 1. The highest BCUT2D eigenvalue weighted by molar-refractivity contribution is 5.59. The van der Waals surface area contributed by atoms with E-state index in [-0.39, 0.29) is 0 Å². The fourth-order valence-electron chi connectivity index (χ4n) is 2.90. The molecule has 0 aliphatic carbocycles. The lowest BCUT2D eigenvalue weighted by Crippen LogP contribution is -2.41. The van der Waals surface area contributed by atoms with Gasteiger partial charge in [0.25, 0.3) is 0 Å². The quantitative estimate of drug-likeness (QED) is 0.814. The monoisotopic (exact) mass is 246 g/mol. The molecule has 1 aromatic carbocycles. The van der Waals surface area contributed by atoms with Crippen molar-refractivity contribution in [2.75, 3.05) is 44.2 Å². The van der Waals surface area contributed by atoms with Gasteiger partial charge in [-0.2, -0.15) is 0 Å². The van der Waals surface area contributed by atoms with E-state index in [0.29, 0.717) is 0 Å². The summed E-state index contributed by atoms with van der Waals surface area (Å²) in [6.07, 6.45) is 4.16. The molecule has 0 aromatic heterocycles. The van der Waals surface area contributed by atoms with Crippen molar-refractivity contribution in [3.05, 3.63) is 24.3 Å². The number of likely N-dealkylation sites (tertiary alicyclic amines) is 1. The molecule has 0 atom stereocenters. The van der Waals surface area contributed by atoms with Crippen LogP contribution in [0.25, 0.3) is 0 Å². The molecule has 2 heterocycles. The van der Waals surface area contributed by atoms with Gasteiger partial charge in [-0.15, -0.1) is 0 Å². The van der Waals surface area contributed by atoms with Crippen molar-refractivity contribution in [1.82, 2.24) is 4.90 Å². The highest BCUT2D eigenvalue weighted by Crippen LogP contribution is 2.30. The van der Waals surface area contributed by atoms with E-state index >= 15 is 0 Å². The summed E-state index contributed by atoms with van der Waals surface area (Å²) in [6, 6.07) is 8.39.